The number of rotatable bonds is 3. The van der Waals surface area contributed by atoms with Gasteiger partial charge in [-0.2, -0.15) is 0 Å². The van der Waals surface area contributed by atoms with E-state index in [4.69, 9.17) is 0 Å². The Morgan fingerprint density at radius 3 is 2.20 bits per heavy atom. The summed E-state index contributed by atoms with van der Waals surface area (Å²) in [5, 5.41) is 0. The van der Waals surface area contributed by atoms with Crippen molar-refractivity contribution in [3.8, 4) is 0 Å². The van der Waals surface area contributed by atoms with Crippen molar-refractivity contribution in [1.82, 2.24) is 0 Å². The summed E-state index contributed by atoms with van der Waals surface area (Å²) >= 11 is 0. The average Bonchev–Trinajstić information content (AvgIpc) is 2.46. The predicted octanol–water partition coefficient (Wildman–Crippen LogP) is 4.31. The first-order valence-corrected chi connectivity index (χ1v) is 8.74. The van der Waals surface area contributed by atoms with Gasteiger partial charge in [-0.3, -0.25) is 9.59 Å². The first-order chi connectivity index (χ1) is 9.70. The van der Waals surface area contributed by atoms with Crippen LogP contribution in [0.3, 0.4) is 0 Å². The van der Waals surface area contributed by atoms with Gasteiger partial charge >= 0.3 is 0 Å². The summed E-state index contributed by atoms with van der Waals surface area (Å²) in [4.78, 5) is 22.8. The van der Waals surface area contributed by atoms with Crippen LogP contribution in [0.25, 0.3) is 0 Å². The maximum Gasteiger partial charge on any atom is 0.133 e. The Kier molecular flexibility index (Phi) is 4.58. The van der Waals surface area contributed by atoms with Crippen molar-refractivity contribution in [3.63, 3.8) is 0 Å². The number of Topliss-reactive ketones (excluding diaryl/α,β-unsaturated/α-hetero) is 2. The van der Waals surface area contributed by atoms with Gasteiger partial charge < -0.3 is 0 Å². The molecule has 3 rings (SSSR count). The van der Waals surface area contributed by atoms with Crippen molar-refractivity contribution in [2.24, 2.45) is 23.7 Å². The smallest absolute Gasteiger partial charge is 0.133 e. The van der Waals surface area contributed by atoms with Gasteiger partial charge in [-0.25, -0.2) is 0 Å². The zero-order valence-corrected chi connectivity index (χ0v) is 12.6. The second-order valence-electron chi connectivity index (χ2n) is 7.54. The molecule has 0 aromatic carbocycles. The molecule has 3 aliphatic rings. The lowest BCUT2D eigenvalue weighted by Crippen LogP contribution is -2.31. The van der Waals surface area contributed by atoms with E-state index in [1.54, 1.807) is 0 Å². The van der Waals surface area contributed by atoms with Gasteiger partial charge in [0.05, 0.1) is 0 Å². The summed E-state index contributed by atoms with van der Waals surface area (Å²) < 4.78 is 0. The number of carbonyl (C=O) groups is 2. The second-order valence-corrected chi connectivity index (χ2v) is 7.54. The Morgan fingerprint density at radius 2 is 1.40 bits per heavy atom. The summed E-state index contributed by atoms with van der Waals surface area (Å²) in [6, 6.07) is 0. The Hall–Kier alpha value is -0.660. The largest absolute Gasteiger partial charge is 0.300 e. The zero-order chi connectivity index (χ0) is 13.9. The van der Waals surface area contributed by atoms with Crippen LogP contribution < -0.4 is 0 Å². The van der Waals surface area contributed by atoms with Gasteiger partial charge in [-0.15, -0.1) is 0 Å². The highest BCUT2D eigenvalue weighted by molar-refractivity contribution is 5.79. The van der Waals surface area contributed by atoms with Crippen LogP contribution in [0.15, 0.2) is 0 Å². The van der Waals surface area contributed by atoms with Crippen LogP contribution in [0.5, 0.6) is 0 Å². The molecular formula is C18H28O2. The predicted molar refractivity (Wildman–Crippen MR) is 79.4 cm³/mol. The molecule has 2 heteroatoms. The molecule has 3 unspecified atom stereocenters. The summed E-state index contributed by atoms with van der Waals surface area (Å²) in [6.07, 6.45) is 13.6. The van der Waals surface area contributed by atoms with E-state index < -0.39 is 0 Å². The lowest BCUT2D eigenvalue weighted by atomic mass is 9.66. The van der Waals surface area contributed by atoms with Gasteiger partial charge in [0.25, 0.3) is 0 Å². The molecule has 0 aliphatic heterocycles. The fraction of sp³-hybridized carbons (Fsp3) is 0.889. The Balaban J connectivity index is 1.41. The van der Waals surface area contributed by atoms with Gasteiger partial charge in [0.1, 0.15) is 11.6 Å². The topological polar surface area (TPSA) is 34.1 Å². The van der Waals surface area contributed by atoms with E-state index in [0.717, 1.165) is 68.6 Å². The molecule has 0 aromatic heterocycles. The standard InChI is InChI=1S/C18H28O2/c19-17-8-4-13(5-9-17)1-2-14-3-6-16-12-18(20)10-7-15(16)11-14/h13-16H,1-12H2. The van der Waals surface area contributed by atoms with Crippen molar-refractivity contribution in [2.45, 2.75) is 77.0 Å². The molecule has 0 saturated heterocycles. The molecule has 20 heavy (non-hydrogen) atoms. The lowest BCUT2D eigenvalue weighted by Gasteiger charge is -2.39. The van der Waals surface area contributed by atoms with E-state index in [0.29, 0.717) is 11.6 Å². The molecule has 2 nitrogen and oxygen atoms in total. The van der Waals surface area contributed by atoms with E-state index in [2.05, 4.69) is 0 Å². The van der Waals surface area contributed by atoms with Gasteiger partial charge in [-0.1, -0.05) is 19.3 Å². The fourth-order valence-electron chi connectivity index (χ4n) is 4.81. The highest BCUT2D eigenvalue weighted by Crippen LogP contribution is 2.43. The van der Waals surface area contributed by atoms with Crippen molar-refractivity contribution >= 4 is 11.6 Å². The lowest BCUT2D eigenvalue weighted by molar-refractivity contribution is -0.124. The number of hydrogen-bond acceptors (Lipinski definition) is 2. The normalized spacial score (nSPS) is 35.9. The van der Waals surface area contributed by atoms with Gasteiger partial charge in [-0.05, 0) is 55.8 Å². The summed E-state index contributed by atoms with van der Waals surface area (Å²) in [7, 11) is 0. The second kappa shape index (κ2) is 6.41. The van der Waals surface area contributed by atoms with Crippen molar-refractivity contribution in [1.29, 1.82) is 0 Å². The molecule has 3 aliphatic carbocycles. The maximum atomic E-state index is 11.5. The molecule has 112 valence electrons. The van der Waals surface area contributed by atoms with Crippen LogP contribution in [0.1, 0.15) is 77.0 Å². The quantitative estimate of drug-likeness (QED) is 0.769. The summed E-state index contributed by atoms with van der Waals surface area (Å²) in [5.74, 6) is 4.28. The summed E-state index contributed by atoms with van der Waals surface area (Å²) in [6.45, 7) is 0. The minimum Gasteiger partial charge on any atom is -0.300 e. The molecule has 0 bridgehead atoms. The first-order valence-electron chi connectivity index (χ1n) is 8.74. The third kappa shape index (κ3) is 3.51. The molecule has 0 radical (unpaired) electrons. The number of carbonyl (C=O) groups excluding carboxylic acids is 2. The molecular weight excluding hydrogens is 248 g/mol. The number of ketones is 2. The molecule has 0 N–H and O–H groups in total. The molecule has 0 aromatic rings. The molecule has 3 saturated carbocycles. The maximum absolute atomic E-state index is 11.5. The van der Waals surface area contributed by atoms with Gasteiger partial charge in [0.2, 0.25) is 0 Å². The van der Waals surface area contributed by atoms with Crippen LogP contribution in [0.4, 0.5) is 0 Å². The SMILES string of the molecule is O=C1CCC(CCC2CCC3CC(=O)CCC3C2)CC1. The third-order valence-electron chi connectivity index (χ3n) is 6.18. The Labute approximate surface area is 122 Å². The molecule has 3 fully saturated rings. The molecule has 3 atom stereocenters. The number of fused-ring (bicyclic) bond motifs is 1. The van der Waals surface area contributed by atoms with Crippen LogP contribution in [-0.4, -0.2) is 11.6 Å². The van der Waals surface area contributed by atoms with E-state index in [9.17, 15) is 9.59 Å². The van der Waals surface area contributed by atoms with Crippen molar-refractivity contribution in [2.75, 3.05) is 0 Å². The van der Waals surface area contributed by atoms with Crippen molar-refractivity contribution in [3.05, 3.63) is 0 Å². The van der Waals surface area contributed by atoms with Crippen LogP contribution in [0, 0.1) is 23.7 Å². The van der Waals surface area contributed by atoms with E-state index in [1.165, 1.54) is 32.1 Å². The Bertz CT molecular complexity index is 364. The highest BCUT2D eigenvalue weighted by atomic mass is 16.1. The molecule has 0 heterocycles. The molecule has 0 spiro atoms. The first kappa shape index (κ1) is 14.3. The zero-order valence-electron chi connectivity index (χ0n) is 12.6. The van der Waals surface area contributed by atoms with E-state index in [-0.39, 0.29) is 0 Å². The van der Waals surface area contributed by atoms with Gasteiger partial charge in [0.15, 0.2) is 0 Å². The minimum absolute atomic E-state index is 0.480. The highest BCUT2D eigenvalue weighted by Gasteiger charge is 2.34. The fourth-order valence-corrected chi connectivity index (χ4v) is 4.81. The van der Waals surface area contributed by atoms with E-state index in [1.807, 2.05) is 0 Å². The monoisotopic (exact) mass is 276 g/mol. The molecule has 0 amide bonds. The third-order valence-corrected chi connectivity index (χ3v) is 6.18. The van der Waals surface area contributed by atoms with Crippen molar-refractivity contribution < 1.29 is 9.59 Å². The number of hydrogen-bond donors (Lipinski definition) is 0. The minimum atomic E-state index is 0.480. The summed E-state index contributed by atoms with van der Waals surface area (Å²) in [5.41, 5.74) is 0. The average molecular weight is 276 g/mol. The van der Waals surface area contributed by atoms with Crippen LogP contribution in [0.2, 0.25) is 0 Å². The van der Waals surface area contributed by atoms with Crippen LogP contribution >= 0.6 is 0 Å². The Morgan fingerprint density at radius 1 is 0.700 bits per heavy atom. The van der Waals surface area contributed by atoms with E-state index >= 15 is 0 Å². The van der Waals surface area contributed by atoms with Gasteiger partial charge in [0, 0.05) is 25.7 Å². The van der Waals surface area contributed by atoms with Crippen LogP contribution in [-0.2, 0) is 9.59 Å².